The average Bonchev–Trinajstić information content (AvgIpc) is 3.59. The lowest BCUT2D eigenvalue weighted by Gasteiger charge is -2.46. The second kappa shape index (κ2) is 9.44. The van der Waals surface area contributed by atoms with Crippen molar-refractivity contribution >= 4 is 32.5 Å². The molecule has 2 fully saturated rings. The Morgan fingerprint density at radius 2 is 1.89 bits per heavy atom. The lowest BCUT2D eigenvalue weighted by atomic mass is 9.73. The maximum atomic E-state index is 13.1. The number of benzene rings is 2. The molecule has 0 atom stereocenters. The quantitative estimate of drug-likeness (QED) is 0.448. The monoisotopic (exact) mass is 524 g/mol. The molecule has 2 aromatic carbocycles. The zero-order valence-corrected chi connectivity index (χ0v) is 23.1. The van der Waals surface area contributed by atoms with Gasteiger partial charge >= 0.3 is 0 Å². The lowest BCUT2D eigenvalue weighted by Crippen LogP contribution is -2.49. The Morgan fingerprint density at radius 1 is 1.22 bits per heavy atom. The first-order valence-corrected chi connectivity index (χ1v) is 14.8. The second-order valence-electron chi connectivity index (χ2n) is 11.0. The highest BCUT2D eigenvalue weighted by atomic mass is 32.2. The number of hydrogen-bond donors (Lipinski definition) is 1. The van der Waals surface area contributed by atoms with E-state index in [2.05, 4.69) is 19.2 Å². The number of nitrogens with one attached hydrogen (secondary N) is 1. The van der Waals surface area contributed by atoms with Gasteiger partial charge in [0.05, 0.1) is 36.4 Å². The Morgan fingerprint density at radius 3 is 2.41 bits per heavy atom. The normalized spacial score (nSPS) is 17.1. The highest BCUT2D eigenvalue weighted by Crippen LogP contribution is 2.47. The van der Waals surface area contributed by atoms with E-state index in [1.807, 2.05) is 43.3 Å². The van der Waals surface area contributed by atoms with Gasteiger partial charge < -0.3 is 10.1 Å². The highest BCUT2D eigenvalue weighted by molar-refractivity contribution is 7.92. The van der Waals surface area contributed by atoms with Crippen LogP contribution in [-0.4, -0.2) is 57.2 Å². The number of aromatic nitrogens is 2. The van der Waals surface area contributed by atoms with Crippen LogP contribution in [-0.2, 0) is 14.8 Å². The SMILES string of the molecule is CNC(=O)c1c2cc(C3CC3)c(N(CCC3(C(C)C)COC3)S(C)(=O)=O)cc2nn1-c1ccc(C)cc1. The minimum absolute atomic E-state index is 0.00775. The predicted molar refractivity (Wildman–Crippen MR) is 146 cm³/mol. The van der Waals surface area contributed by atoms with Crippen molar-refractivity contribution in [2.24, 2.45) is 11.3 Å². The van der Waals surface area contributed by atoms with Crippen molar-refractivity contribution < 1.29 is 17.9 Å². The summed E-state index contributed by atoms with van der Waals surface area (Å²) in [7, 11) is -1.94. The van der Waals surface area contributed by atoms with Crippen LogP contribution in [0.2, 0.25) is 0 Å². The topological polar surface area (TPSA) is 93.5 Å². The van der Waals surface area contributed by atoms with Gasteiger partial charge in [-0.2, -0.15) is 5.10 Å². The molecule has 9 heteroatoms. The highest BCUT2D eigenvalue weighted by Gasteiger charge is 2.42. The first-order valence-electron chi connectivity index (χ1n) is 13.0. The summed E-state index contributed by atoms with van der Waals surface area (Å²) in [6.45, 7) is 8.06. The molecule has 1 saturated carbocycles. The van der Waals surface area contributed by atoms with Crippen molar-refractivity contribution in [3.05, 3.63) is 53.2 Å². The number of rotatable bonds is 9. The summed E-state index contributed by atoms with van der Waals surface area (Å²) in [6.07, 6.45) is 4.00. The summed E-state index contributed by atoms with van der Waals surface area (Å²) >= 11 is 0. The van der Waals surface area contributed by atoms with Crippen molar-refractivity contribution in [2.45, 2.75) is 46.0 Å². The summed E-state index contributed by atoms with van der Waals surface area (Å²) in [5.74, 6) is 0.435. The van der Waals surface area contributed by atoms with Crippen LogP contribution in [0.25, 0.3) is 16.6 Å². The standard InChI is InChI=1S/C28H36N4O4S/c1-18(2)28(16-36-17-28)12-13-31(37(5,34)35)25-15-24-23(14-22(25)20-8-9-20)26(27(33)29-4)32(30-24)21-10-6-19(3)7-11-21/h6-7,10-11,14-15,18,20H,8-9,12-13,16-17H2,1-5H3,(H,29,33). The third-order valence-electron chi connectivity index (χ3n) is 8.04. The van der Waals surface area contributed by atoms with E-state index in [-0.39, 0.29) is 17.2 Å². The van der Waals surface area contributed by atoms with Gasteiger partial charge in [-0.25, -0.2) is 13.1 Å². The summed E-state index contributed by atoms with van der Waals surface area (Å²) in [5.41, 5.74) is 4.57. The largest absolute Gasteiger partial charge is 0.380 e. The fourth-order valence-corrected chi connectivity index (χ4v) is 6.14. The average molecular weight is 525 g/mol. The number of sulfonamides is 1. The molecule has 0 unspecified atom stereocenters. The number of carbonyl (C=O) groups excluding carboxylic acids is 1. The van der Waals surface area contributed by atoms with Gasteiger partial charge in [0.25, 0.3) is 5.91 Å². The Labute approximate surface area is 219 Å². The Kier molecular flexibility index (Phi) is 6.56. The van der Waals surface area contributed by atoms with Gasteiger partial charge in [0, 0.05) is 24.4 Å². The molecule has 0 bridgehead atoms. The molecule has 1 aromatic heterocycles. The predicted octanol–water partition coefficient (Wildman–Crippen LogP) is 4.40. The van der Waals surface area contributed by atoms with Crippen molar-refractivity contribution in [1.29, 1.82) is 0 Å². The summed E-state index contributed by atoms with van der Waals surface area (Å²) < 4.78 is 35.0. The van der Waals surface area contributed by atoms with Crippen LogP contribution >= 0.6 is 0 Å². The van der Waals surface area contributed by atoms with E-state index in [0.29, 0.717) is 42.6 Å². The van der Waals surface area contributed by atoms with Gasteiger partial charge in [-0.3, -0.25) is 9.10 Å². The molecule has 5 rings (SSSR count). The van der Waals surface area contributed by atoms with E-state index in [0.717, 1.165) is 41.5 Å². The first kappa shape index (κ1) is 25.7. The number of hydrogen-bond acceptors (Lipinski definition) is 5. The molecule has 1 saturated heterocycles. The summed E-state index contributed by atoms with van der Waals surface area (Å²) in [5, 5.41) is 8.28. The molecule has 37 heavy (non-hydrogen) atoms. The Balaban J connectivity index is 1.65. The van der Waals surface area contributed by atoms with Crippen LogP contribution in [0.3, 0.4) is 0 Å². The van der Waals surface area contributed by atoms with Gasteiger partial charge in [0.2, 0.25) is 10.0 Å². The first-order chi connectivity index (χ1) is 17.5. The number of carbonyl (C=O) groups is 1. The van der Waals surface area contributed by atoms with Crippen molar-refractivity contribution in [2.75, 3.05) is 37.4 Å². The molecular formula is C28H36N4O4S. The van der Waals surface area contributed by atoms with E-state index in [9.17, 15) is 13.2 Å². The fraction of sp³-hybridized carbons (Fsp3) is 0.500. The number of amides is 1. The molecule has 198 valence electrons. The third-order valence-corrected chi connectivity index (χ3v) is 9.22. The number of nitrogens with zero attached hydrogens (tertiary/aromatic N) is 3. The third kappa shape index (κ3) is 4.75. The lowest BCUT2D eigenvalue weighted by molar-refractivity contribution is -0.141. The fourth-order valence-electron chi connectivity index (χ4n) is 5.20. The van der Waals surface area contributed by atoms with Gasteiger partial charge in [0.1, 0.15) is 5.69 Å². The van der Waals surface area contributed by atoms with E-state index in [4.69, 9.17) is 9.84 Å². The minimum Gasteiger partial charge on any atom is -0.380 e. The van der Waals surface area contributed by atoms with Crippen LogP contribution in [0.5, 0.6) is 0 Å². The van der Waals surface area contributed by atoms with Crippen LogP contribution in [0.1, 0.15) is 60.6 Å². The van der Waals surface area contributed by atoms with Crippen LogP contribution in [0.15, 0.2) is 36.4 Å². The maximum Gasteiger partial charge on any atom is 0.270 e. The van der Waals surface area contributed by atoms with Crippen LogP contribution in [0, 0.1) is 18.3 Å². The zero-order chi connectivity index (χ0) is 26.5. The number of ether oxygens (including phenoxy) is 1. The van der Waals surface area contributed by atoms with Crippen LogP contribution in [0.4, 0.5) is 5.69 Å². The van der Waals surface area contributed by atoms with Gasteiger partial charge in [-0.15, -0.1) is 0 Å². The smallest absolute Gasteiger partial charge is 0.270 e. The molecule has 1 N–H and O–H groups in total. The van der Waals surface area contributed by atoms with Gasteiger partial charge in [-0.1, -0.05) is 31.5 Å². The minimum atomic E-state index is -3.55. The van der Waals surface area contributed by atoms with Crippen molar-refractivity contribution in [3.8, 4) is 5.69 Å². The van der Waals surface area contributed by atoms with E-state index in [1.165, 1.54) is 6.26 Å². The molecule has 1 aliphatic heterocycles. The molecule has 2 heterocycles. The molecule has 8 nitrogen and oxygen atoms in total. The molecule has 1 aliphatic carbocycles. The second-order valence-corrected chi connectivity index (χ2v) is 12.9. The van der Waals surface area contributed by atoms with Gasteiger partial charge in [0.15, 0.2) is 0 Å². The Hall–Kier alpha value is -2.91. The molecular weight excluding hydrogens is 488 g/mol. The zero-order valence-electron chi connectivity index (χ0n) is 22.2. The van der Waals surface area contributed by atoms with Crippen molar-refractivity contribution in [1.82, 2.24) is 15.1 Å². The number of aryl methyl sites for hydroxylation is 1. The number of fused-ring (bicyclic) bond motifs is 1. The van der Waals surface area contributed by atoms with E-state index >= 15 is 0 Å². The summed E-state index contributed by atoms with van der Waals surface area (Å²) in [6, 6.07) is 11.7. The molecule has 0 radical (unpaired) electrons. The van der Waals surface area contributed by atoms with Crippen molar-refractivity contribution in [3.63, 3.8) is 0 Å². The van der Waals surface area contributed by atoms with Crippen LogP contribution < -0.4 is 9.62 Å². The van der Waals surface area contributed by atoms with Gasteiger partial charge in [-0.05, 0) is 67.9 Å². The maximum absolute atomic E-state index is 13.1. The van der Waals surface area contributed by atoms with E-state index < -0.39 is 10.0 Å². The molecule has 2 aliphatic rings. The Bertz CT molecular complexity index is 1440. The molecule has 0 spiro atoms. The number of anilines is 1. The molecule has 3 aromatic rings. The van der Waals surface area contributed by atoms with E-state index in [1.54, 1.807) is 16.0 Å². The summed E-state index contributed by atoms with van der Waals surface area (Å²) in [4.78, 5) is 13.1. The molecule has 1 amide bonds.